The predicted molar refractivity (Wildman–Crippen MR) is 146 cm³/mol. The van der Waals surface area contributed by atoms with E-state index >= 15 is 0 Å². The molecule has 3 rings (SSSR count). The molecule has 1 heterocycles. The molecule has 10 heteroatoms. The fourth-order valence-electron chi connectivity index (χ4n) is 4.27. The zero-order valence-electron chi connectivity index (χ0n) is 23.2. The van der Waals surface area contributed by atoms with Crippen molar-refractivity contribution in [2.24, 2.45) is 0 Å². The normalized spacial score (nSPS) is 12.5. The Morgan fingerprint density at radius 1 is 0.950 bits per heavy atom. The molecule has 0 bridgehead atoms. The Morgan fingerprint density at radius 3 is 2.08 bits per heavy atom. The molecule has 1 aromatic heterocycles. The van der Waals surface area contributed by atoms with Crippen molar-refractivity contribution in [3.05, 3.63) is 89.7 Å². The predicted octanol–water partition coefficient (Wildman–Crippen LogP) is 4.02. The molecule has 1 amide bonds. The van der Waals surface area contributed by atoms with Crippen molar-refractivity contribution in [3.63, 3.8) is 0 Å². The molecule has 0 unspecified atom stereocenters. The van der Waals surface area contributed by atoms with Gasteiger partial charge in [-0.05, 0) is 31.9 Å². The van der Waals surface area contributed by atoms with Gasteiger partial charge in [-0.2, -0.15) is 0 Å². The minimum absolute atomic E-state index is 0.0406. The van der Waals surface area contributed by atoms with Gasteiger partial charge in [-0.3, -0.25) is 9.59 Å². The molecule has 212 valence electrons. The summed E-state index contributed by atoms with van der Waals surface area (Å²) < 4.78 is 27.8. The van der Waals surface area contributed by atoms with Crippen molar-refractivity contribution >= 4 is 17.8 Å². The highest BCUT2D eigenvalue weighted by molar-refractivity contribution is 5.98. The molecule has 0 aliphatic carbocycles. The lowest BCUT2D eigenvalue weighted by atomic mass is 9.81. The highest BCUT2D eigenvalue weighted by Crippen LogP contribution is 2.39. The van der Waals surface area contributed by atoms with Crippen LogP contribution >= 0.6 is 0 Å². The third-order valence-corrected chi connectivity index (χ3v) is 6.11. The number of hydrogen-bond acceptors (Lipinski definition) is 9. The van der Waals surface area contributed by atoms with E-state index in [4.69, 9.17) is 23.7 Å². The standard InChI is InChI=1S/C30H34N2O8/c1-6-39-30(23-13-9-7-10-14-23,24-15-11-8-12-16-24)21(3)40-29(35)20(2)32-28(34)26-27(38-19-37-22(4)33)25(36-5)17-18-31-26/h7-18,20-21H,6,19H2,1-5H3,(H,32,34)/t20-,21-/m0/s1. The molecule has 3 aromatic rings. The Bertz CT molecular complexity index is 1240. The molecule has 40 heavy (non-hydrogen) atoms. The summed E-state index contributed by atoms with van der Waals surface area (Å²) in [6, 6.07) is 19.5. The SMILES string of the molecule is CCOC(c1ccccc1)(c1ccccc1)[C@H](C)OC(=O)[C@H](C)NC(=O)c1nccc(OC)c1OCOC(C)=O. The highest BCUT2D eigenvalue weighted by Gasteiger charge is 2.43. The number of esters is 2. The van der Waals surface area contributed by atoms with E-state index in [0.29, 0.717) is 6.61 Å². The number of nitrogens with one attached hydrogen (secondary N) is 1. The fourth-order valence-corrected chi connectivity index (χ4v) is 4.27. The van der Waals surface area contributed by atoms with Gasteiger partial charge in [0.2, 0.25) is 6.79 Å². The third kappa shape index (κ3) is 6.95. The summed E-state index contributed by atoms with van der Waals surface area (Å²) in [6.07, 6.45) is 0.579. The second-order valence-electron chi connectivity index (χ2n) is 8.76. The van der Waals surface area contributed by atoms with Gasteiger partial charge in [0.15, 0.2) is 22.8 Å². The van der Waals surface area contributed by atoms with Gasteiger partial charge in [-0.25, -0.2) is 9.78 Å². The van der Waals surface area contributed by atoms with E-state index in [-0.39, 0.29) is 17.2 Å². The summed E-state index contributed by atoms with van der Waals surface area (Å²) in [6.45, 7) is 6.26. The number of methoxy groups -OCH3 is 1. The molecule has 0 saturated carbocycles. The van der Waals surface area contributed by atoms with E-state index in [1.54, 1.807) is 6.92 Å². The summed E-state index contributed by atoms with van der Waals surface area (Å²) in [4.78, 5) is 41.6. The Labute approximate surface area is 233 Å². The van der Waals surface area contributed by atoms with Crippen molar-refractivity contribution in [2.45, 2.75) is 45.4 Å². The average Bonchev–Trinajstić information content (AvgIpc) is 2.96. The monoisotopic (exact) mass is 550 g/mol. The van der Waals surface area contributed by atoms with Crippen LogP contribution < -0.4 is 14.8 Å². The number of pyridine rings is 1. The largest absolute Gasteiger partial charge is 0.493 e. The molecule has 0 fully saturated rings. The first-order valence-electron chi connectivity index (χ1n) is 12.8. The van der Waals surface area contributed by atoms with Crippen molar-refractivity contribution in [3.8, 4) is 11.5 Å². The summed E-state index contributed by atoms with van der Waals surface area (Å²) in [5, 5.41) is 2.60. The minimum Gasteiger partial charge on any atom is -0.493 e. The van der Waals surface area contributed by atoms with Crippen LogP contribution in [0, 0.1) is 0 Å². The number of aromatic nitrogens is 1. The van der Waals surface area contributed by atoms with Gasteiger partial charge in [-0.1, -0.05) is 60.7 Å². The second kappa shape index (κ2) is 14.1. The number of carbonyl (C=O) groups is 3. The molecule has 0 spiro atoms. The van der Waals surface area contributed by atoms with Gasteiger partial charge in [0.25, 0.3) is 5.91 Å². The molecule has 10 nitrogen and oxygen atoms in total. The number of hydrogen-bond donors (Lipinski definition) is 1. The summed E-state index contributed by atoms with van der Waals surface area (Å²) in [5.74, 6) is -1.80. The van der Waals surface area contributed by atoms with Gasteiger partial charge in [0.05, 0.1) is 7.11 Å². The Hall–Kier alpha value is -4.44. The van der Waals surface area contributed by atoms with Gasteiger partial charge in [-0.15, -0.1) is 0 Å². The summed E-state index contributed by atoms with van der Waals surface area (Å²) >= 11 is 0. The number of amides is 1. The number of ether oxygens (including phenoxy) is 5. The Morgan fingerprint density at radius 2 is 1.55 bits per heavy atom. The van der Waals surface area contributed by atoms with Gasteiger partial charge < -0.3 is 29.0 Å². The quantitative estimate of drug-likeness (QED) is 0.248. The van der Waals surface area contributed by atoms with Crippen molar-refractivity contribution in [1.29, 1.82) is 0 Å². The lowest BCUT2D eigenvalue weighted by Crippen LogP contribution is -2.47. The van der Waals surface area contributed by atoms with Crippen LogP contribution in [0.25, 0.3) is 0 Å². The third-order valence-electron chi connectivity index (χ3n) is 6.11. The molecule has 0 aliphatic rings. The van der Waals surface area contributed by atoms with Gasteiger partial charge in [0, 0.05) is 25.8 Å². The highest BCUT2D eigenvalue weighted by atomic mass is 16.7. The van der Waals surface area contributed by atoms with Crippen LogP contribution in [-0.2, 0) is 29.4 Å². The molecular formula is C30H34N2O8. The van der Waals surface area contributed by atoms with E-state index in [9.17, 15) is 14.4 Å². The van der Waals surface area contributed by atoms with Crippen LogP contribution in [0.2, 0.25) is 0 Å². The van der Waals surface area contributed by atoms with Crippen LogP contribution in [0.3, 0.4) is 0 Å². The molecule has 0 saturated heterocycles. The fraction of sp³-hybridized carbons (Fsp3) is 0.333. The Kier molecular flexibility index (Phi) is 10.6. The maximum absolute atomic E-state index is 13.3. The van der Waals surface area contributed by atoms with E-state index < -0.39 is 42.4 Å². The number of nitrogens with zero attached hydrogens (tertiary/aromatic N) is 1. The van der Waals surface area contributed by atoms with E-state index in [2.05, 4.69) is 10.3 Å². The number of benzene rings is 2. The molecule has 1 N–H and O–H groups in total. The van der Waals surface area contributed by atoms with E-state index in [1.165, 1.54) is 33.2 Å². The average molecular weight is 551 g/mol. The van der Waals surface area contributed by atoms with Crippen LogP contribution in [0.15, 0.2) is 72.9 Å². The first-order chi connectivity index (χ1) is 19.2. The number of carbonyl (C=O) groups excluding carboxylic acids is 3. The Balaban J connectivity index is 1.83. The first kappa shape index (κ1) is 30.1. The molecule has 2 aromatic carbocycles. The lowest BCUT2D eigenvalue weighted by Gasteiger charge is -2.39. The molecular weight excluding hydrogens is 516 g/mol. The van der Waals surface area contributed by atoms with Crippen LogP contribution in [0.4, 0.5) is 0 Å². The maximum atomic E-state index is 13.3. The van der Waals surface area contributed by atoms with Crippen LogP contribution in [0.1, 0.15) is 49.3 Å². The van der Waals surface area contributed by atoms with Crippen molar-refractivity contribution in [1.82, 2.24) is 10.3 Å². The van der Waals surface area contributed by atoms with E-state index in [1.807, 2.05) is 67.6 Å². The lowest BCUT2D eigenvalue weighted by molar-refractivity contribution is -0.168. The van der Waals surface area contributed by atoms with Gasteiger partial charge >= 0.3 is 11.9 Å². The number of rotatable bonds is 13. The van der Waals surface area contributed by atoms with Crippen LogP contribution in [-0.4, -0.2) is 55.5 Å². The summed E-state index contributed by atoms with van der Waals surface area (Å²) in [5.41, 5.74) is 0.379. The molecule has 0 aliphatic heterocycles. The minimum atomic E-state index is -1.09. The maximum Gasteiger partial charge on any atom is 0.328 e. The zero-order valence-corrected chi connectivity index (χ0v) is 23.2. The topological polar surface area (TPSA) is 122 Å². The van der Waals surface area contributed by atoms with Crippen LogP contribution in [0.5, 0.6) is 11.5 Å². The smallest absolute Gasteiger partial charge is 0.328 e. The zero-order chi connectivity index (χ0) is 29.1. The van der Waals surface area contributed by atoms with Crippen molar-refractivity contribution < 1.29 is 38.1 Å². The second-order valence-corrected chi connectivity index (χ2v) is 8.76. The summed E-state index contributed by atoms with van der Waals surface area (Å²) in [7, 11) is 1.39. The first-order valence-corrected chi connectivity index (χ1v) is 12.8. The molecule has 2 atom stereocenters. The molecule has 0 radical (unpaired) electrons. The van der Waals surface area contributed by atoms with Gasteiger partial charge in [0.1, 0.15) is 12.1 Å². The van der Waals surface area contributed by atoms with E-state index in [0.717, 1.165) is 11.1 Å². The van der Waals surface area contributed by atoms with Crippen molar-refractivity contribution in [2.75, 3.05) is 20.5 Å².